The van der Waals surface area contributed by atoms with Crippen molar-refractivity contribution in [3.63, 3.8) is 0 Å². The van der Waals surface area contributed by atoms with Crippen molar-refractivity contribution in [2.75, 3.05) is 26.2 Å². The Morgan fingerprint density at radius 1 is 1.19 bits per heavy atom. The maximum Gasteiger partial charge on any atom is 0.317 e. The van der Waals surface area contributed by atoms with E-state index in [4.69, 9.17) is 0 Å². The van der Waals surface area contributed by atoms with E-state index < -0.39 is 39.9 Å². The van der Waals surface area contributed by atoms with E-state index in [1.807, 2.05) is 0 Å². The van der Waals surface area contributed by atoms with Gasteiger partial charge in [0, 0.05) is 32.2 Å². The second-order valence-corrected chi connectivity index (χ2v) is 10.0. The van der Waals surface area contributed by atoms with Crippen LogP contribution < -0.4 is 16.0 Å². The Labute approximate surface area is 186 Å². The zero-order chi connectivity index (χ0) is 23.5. The van der Waals surface area contributed by atoms with Gasteiger partial charge in [-0.2, -0.15) is 4.31 Å². The SMILES string of the molecule is CC(C)NC(=O)N1CCN(S(=O)(=O)c2ccc(F)cc2)[C@@H](C(=O)N[C@H]2CCCNC2=O)C1. The molecule has 2 aliphatic rings. The average Bonchev–Trinajstić information content (AvgIpc) is 2.74. The van der Waals surface area contributed by atoms with Crippen molar-refractivity contribution >= 4 is 27.9 Å². The van der Waals surface area contributed by atoms with E-state index in [2.05, 4.69) is 16.0 Å². The molecule has 0 radical (unpaired) electrons. The minimum absolute atomic E-state index is 0.0761. The molecule has 0 unspecified atom stereocenters. The molecule has 4 amide bonds. The van der Waals surface area contributed by atoms with Crippen LogP contribution in [0, 0.1) is 5.82 Å². The fourth-order valence-corrected chi connectivity index (χ4v) is 5.28. The largest absolute Gasteiger partial charge is 0.354 e. The molecule has 0 aliphatic carbocycles. The van der Waals surface area contributed by atoms with Crippen molar-refractivity contribution in [2.45, 2.75) is 49.7 Å². The normalized spacial score (nSPS) is 22.4. The number of rotatable bonds is 5. The second-order valence-electron chi connectivity index (χ2n) is 8.13. The summed E-state index contributed by atoms with van der Waals surface area (Å²) < 4.78 is 40.8. The molecule has 1 aromatic carbocycles. The summed E-state index contributed by atoms with van der Waals surface area (Å²) in [7, 11) is -4.15. The standard InChI is InChI=1S/C20H28FN5O5S/c1-13(2)23-20(29)25-10-11-26(32(30,31)15-7-5-14(21)6-8-15)17(12-25)19(28)24-16-4-3-9-22-18(16)27/h5-8,13,16-17H,3-4,9-12H2,1-2H3,(H,22,27)(H,23,29)(H,24,28)/t16-,17+/m0/s1. The van der Waals surface area contributed by atoms with E-state index in [0.717, 1.165) is 28.6 Å². The summed E-state index contributed by atoms with van der Waals surface area (Å²) in [6.45, 7) is 3.87. The van der Waals surface area contributed by atoms with E-state index in [1.54, 1.807) is 13.8 Å². The molecule has 176 valence electrons. The number of benzene rings is 1. The molecule has 2 aliphatic heterocycles. The molecule has 3 rings (SSSR count). The quantitative estimate of drug-likeness (QED) is 0.560. The molecule has 0 bridgehead atoms. The first-order valence-corrected chi connectivity index (χ1v) is 11.9. The van der Waals surface area contributed by atoms with Gasteiger partial charge in [0.15, 0.2) is 0 Å². The van der Waals surface area contributed by atoms with Gasteiger partial charge in [-0.05, 0) is 51.0 Å². The molecule has 2 fully saturated rings. The highest BCUT2D eigenvalue weighted by Crippen LogP contribution is 2.23. The average molecular weight is 470 g/mol. The minimum atomic E-state index is -4.15. The first-order chi connectivity index (χ1) is 15.1. The van der Waals surface area contributed by atoms with Crippen LogP contribution in [-0.4, -0.2) is 79.8 Å². The van der Waals surface area contributed by atoms with E-state index in [1.165, 1.54) is 4.90 Å². The summed E-state index contributed by atoms with van der Waals surface area (Å²) in [6, 6.07) is 1.76. The Kier molecular flexibility index (Phi) is 7.34. The Morgan fingerprint density at radius 3 is 2.50 bits per heavy atom. The van der Waals surface area contributed by atoms with Gasteiger partial charge in [-0.25, -0.2) is 17.6 Å². The molecule has 10 nitrogen and oxygen atoms in total. The Bertz CT molecular complexity index is 969. The van der Waals surface area contributed by atoms with E-state index in [9.17, 15) is 27.2 Å². The van der Waals surface area contributed by atoms with Crippen molar-refractivity contribution < 1.29 is 27.2 Å². The Hall–Kier alpha value is -2.73. The van der Waals surface area contributed by atoms with Crippen molar-refractivity contribution in [3.8, 4) is 0 Å². The fourth-order valence-electron chi connectivity index (χ4n) is 3.71. The number of halogens is 1. The van der Waals surface area contributed by atoms with Gasteiger partial charge in [-0.1, -0.05) is 0 Å². The van der Waals surface area contributed by atoms with E-state index in [0.29, 0.717) is 19.4 Å². The lowest BCUT2D eigenvalue weighted by atomic mass is 10.1. The molecule has 3 N–H and O–H groups in total. The third kappa shape index (κ3) is 5.36. The van der Waals surface area contributed by atoms with Gasteiger partial charge in [0.1, 0.15) is 17.9 Å². The summed E-state index contributed by atoms with van der Waals surface area (Å²) >= 11 is 0. The number of carbonyl (C=O) groups excluding carboxylic acids is 3. The Morgan fingerprint density at radius 2 is 1.88 bits per heavy atom. The van der Waals surface area contributed by atoms with Gasteiger partial charge >= 0.3 is 6.03 Å². The number of carbonyl (C=O) groups is 3. The molecule has 12 heteroatoms. The lowest BCUT2D eigenvalue weighted by Gasteiger charge is -2.40. The molecule has 0 saturated carbocycles. The zero-order valence-corrected chi connectivity index (χ0v) is 18.8. The zero-order valence-electron chi connectivity index (χ0n) is 18.0. The van der Waals surface area contributed by atoms with E-state index >= 15 is 0 Å². The maximum atomic E-state index is 13.3. The lowest BCUT2D eigenvalue weighted by molar-refractivity contribution is -0.132. The first-order valence-electron chi connectivity index (χ1n) is 10.5. The number of piperidine rings is 1. The van der Waals surface area contributed by atoms with Crippen LogP contribution in [0.15, 0.2) is 29.2 Å². The number of hydrogen-bond acceptors (Lipinski definition) is 5. The topological polar surface area (TPSA) is 128 Å². The van der Waals surface area contributed by atoms with Gasteiger partial charge in [0.25, 0.3) is 0 Å². The number of piperazine rings is 1. The van der Waals surface area contributed by atoms with Crippen molar-refractivity contribution in [1.82, 2.24) is 25.2 Å². The Balaban J connectivity index is 1.87. The van der Waals surface area contributed by atoms with Crippen LogP contribution in [0.2, 0.25) is 0 Å². The van der Waals surface area contributed by atoms with Crippen molar-refractivity contribution in [2.24, 2.45) is 0 Å². The summed E-state index contributed by atoms with van der Waals surface area (Å²) in [5.41, 5.74) is 0. The highest BCUT2D eigenvalue weighted by molar-refractivity contribution is 7.89. The van der Waals surface area contributed by atoms with Crippen LogP contribution in [-0.2, 0) is 19.6 Å². The first kappa shape index (κ1) is 23.9. The van der Waals surface area contributed by atoms with Crippen LogP contribution in [0.25, 0.3) is 0 Å². The lowest BCUT2D eigenvalue weighted by Crippen LogP contribution is -2.64. The third-order valence-electron chi connectivity index (χ3n) is 5.36. The predicted octanol–water partition coefficient (Wildman–Crippen LogP) is 0.0134. The van der Waals surface area contributed by atoms with Gasteiger partial charge in [-0.15, -0.1) is 0 Å². The molecule has 2 saturated heterocycles. The summed E-state index contributed by atoms with van der Waals surface area (Å²) in [6.07, 6.45) is 1.12. The number of urea groups is 1. The minimum Gasteiger partial charge on any atom is -0.354 e. The number of nitrogens with one attached hydrogen (secondary N) is 3. The highest BCUT2D eigenvalue weighted by atomic mass is 32.2. The number of amides is 4. The summed E-state index contributed by atoms with van der Waals surface area (Å²) in [4.78, 5) is 38.9. The van der Waals surface area contributed by atoms with Crippen LogP contribution >= 0.6 is 0 Å². The smallest absolute Gasteiger partial charge is 0.317 e. The van der Waals surface area contributed by atoms with E-state index in [-0.39, 0.29) is 36.5 Å². The van der Waals surface area contributed by atoms with Gasteiger partial charge in [-0.3, -0.25) is 9.59 Å². The van der Waals surface area contributed by atoms with Gasteiger partial charge in [0.05, 0.1) is 4.90 Å². The number of sulfonamides is 1. The molecular formula is C20H28FN5O5S. The molecule has 2 atom stereocenters. The summed E-state index contributed by atoms with van der Waals surface area (Å²) in [5, 5.41) is 8.03. The fraction of sp³-hybridized carbons (Fsp3) is 0.550. The van der Waals surface area contributed by atoms with Crippen LogP contribution in [0.4, 0.5) is 9.18 Å². The maximum absolute atomic E-state index is 13.3. The molecule has 2 heterocycles. The van der Waals surface area contributed by atoms with Crippen molar-refractivity contribution in [1.29, 1.82) is 0 Å². The number of hydrogen-bond donors (Lipinski definition) is 3. The molecular weight excluding hydrogens is 441 g/mol. The number of nitrogens with zero attached hydrogens (tertiary/aromatic N) is 2. The molecule has 1 aromatic rings. The van der Waals surface area contributed by atoms with Crippen molar-refractivity contribution in [3.05, 3.63) is 30.1 Å². The van der Waals surface area contributed by atoms with Gasteiger partial charge in [0.2, 0.25) is 21.8 Å². The third-order valence-corrected chi connectivity index (χ3v) is 7.28. The predicted molar refractivity (Wildman–Crippen MR) is 113 cm³/mol. The molecule has 0 spiro atoms. The molecule has 32 heavy (non-hydrogen) atoms. The highest BCUT2D eigenvalue weighted by Gasteiger charge is 2.42. The second kappa shape index (κ2) is 9.82. The monoisotopic (exact) mass is 469 g/mol. The van der Waals surface area contributed by atoms with Crippen LogP contribution in [0.1, 0.15) is 26.7 Å². The molecule has 0 aromatic heterocycles. The van der Waals surface area contributed by atoms with Crippen LogP contribution in [0.3, 0.4) is 0 Å². The van der Waals surface area contributed by atoms with Gasteiger partial charge < -0.3 is 20.9 Å². The van der Waals surface area contributed by atoms with Crippen LogP contribution in [0.5, 0.6) is 0 Å². The summed E-state index contributed by atoms with van der Waals surface area (Å²) in [5.74, 6) is -1.58.